The van der Waals surface area contributed by atoms with Crippen LogP contribution in [0.2, 0.25) is 0 Å². The number of hydrogen-bond donors (Lipinski definition) is 0. The Morgan fingerprint density at radius 3 is 2.42 bits per heavy atom. The molecule has 0 aliphatic carbocycles. The van der Waals surface area contributed by atoms with Crippen LogP contribution in [0.15, 0.2) is 0 Å². The predicted molar refractivity (Wildman–Crippen MR) is 52.8 cm³/mol. The van der Waals surface area contributed by atoms with E-state index in [1.54, 1.807) is 0 Å². The molecule has 0 unspecified atom stereocenters. The first-order chi connectivity index (χ1) is 5.68. The van der Waals surface area contributed by atoms with Gasteiger partial charge < -0.3 is 9.80 Å². The summed E-state index contributed by atoms with van der Waals surface area (Å²) in [6.45, 7) is 3.62. The summed E-state index contributed by atoms with van der Waals surface area (Å²) in [5.41, 5.74) is 0. The minimum atomic E-state index is 0.949. The van der Waals surface area contributed by atoms with E-state index >= 15 is 0 Å². The molecule has 1 fully saturated rings. The Morgan fingerprint density at radius 1 is 1.33 bits per heavy atom. The largest absolute Gasteiger partial charge is 0.459 e. The van der Waals surface area contributed by atoms with Gasteiger partial charge in [0.25, 0.3) is 0 Å². The lowest BCUT2D eigenvalue weighted by Gasteiger charge is -2.34. The van der Waals surface area contributed by atoms with E-state index in [0.717, 1.165) is 5.92 Å². The molecule has 0 aromatic rings. The lowest BCUT2D eigenvalue weighted by Crippen LogP contribution is -2.30. The van der Waals surface area contributed by atoms with Crippen molar-refractivity contribution >= 4 is 0 Å². The molecule has 0 aromatic carbocycles. The second-order valence-electron chi connectivity index (χ2n) is 4.15. The first kappa shape index (κ1) is 10.0. The number of nitrogens with zero attached hydrogens (tertiary/aromatic N) is 2. The summed E-state index contributed by atoms with van der Waals surface area (Å²) in [6.07, 6.45) is 4.05. The van der Waals surface area contributed by atoms with Crippen molar-refractivity contribution in [2.24, 2.45) is 5.92 Å². The van der Waals surface area contributed by atoms with Crippen LogP contribution in [0, 0.1) is 13.0 Å². The molecule has 72 valence electrons. The molecule has 0 atom stereocenters. The number of rotatable bonds is 3. The van der Waals surface area contributed by atoms with Gasteiger partial charge in [-0.15, -0.1) is 0 Å². The molecular weight excluding hydrogens is 148 g/mol. The van der Waals surface area contributed by atoms with Crippen molar-refractivity contribution in [2.75, 3.05) is 33.7 Å². The molecule has 1 saturated heterocycles. The SMILES string of the molecule is [CH2-]N1CCC(CCN(C)C)CC1. The fraction of sp³-hybridized carbons (Fsp3) is 0.900. The van der Waals surface area contributed by atoms with Gasteiger partial charge >= 0.3 is 0 Å². The predicted octanol–water partition coefficient (Wildman–Crippen LogP) is 1.44. The third-order valence-corrected chi connectivity index (χ3v) is 2.69. The standard InChI is InChI=1S/C10H21N2/c1-11(2)7-4-10-5-8-12(3)9-6-10/h10H,3-9H2,1-2H3/q-1. The summed E-state index contributed by atoms with van der Waals surface area (Å²) >= 11 is 0. The van der Waals surface area contributed by atoms with E-state index in [4.69, 9.17) is 0 Å². The van der Waals surface area contributed by atoms with Crippen molar-refractivity contribution in [1.29, 1.82) is 0 Å². The topological polar surface area (TPSA) is 6.48 Å². The molecule has 0 amide bonds. The van der Waals surface area contributed by atoms with Crippen LogP contribution in [0.25, 0.3) is 0 Å². The van der Waals surface area contributed by atoms with Crippen molar-refractivity contribution in [3.05, 3.63) is 7.05 Å². The molecule has 0 aromatic heterocycles. The van der Waals surface area contributed by atoms with Gasteiger partial charge in [-0.1, -0.05) is 0 Å². The average Bonchev–Trinajstić information content (AvgIpc) is 2.03. The summed E-state index contributed by atoms with van der Waals surface area (Å²) in [5.74, 6) is 0.949. The summed E-state index contributed by atoms with van der Waals surface area (Å²) < 4.78 is 0. The smallest absolute Gasteiger partial charge is 0.00222 e. The summed E-state index contributed by atoms with van der Waals surface area (Å²) in [5, 5.41) is 0. The number of hydrogen-bond acceptors (Lipinski definition) is 2. The fourth-order valence-electron chi connectivity index (χ4n) is 1.72. The van der Waals surface area contributed by atoms with Gasteiger partial charge in [0.15, 0.2) is 0 Å². The van der Waals surface area contributed by atoms with E-state index in [9.17, 15) is 0 Å². The van der Waals surface area contributed by atoms with Gasteiger partial charge in [0.2, 0.25) is 0 Å². The number of piperidine rings is 1. The molecule has 2 nitrogen and oxygen atoms in total. The highest BCUT2D eigenvalue weighted by Crippen LogP contribution is 2.19. The highest BCUT2D eigenvalue weighted by Gasteiger charge is 2.13. The first-order valence-corrected chi connectivity index (χ1v) is 4.88. The zero-order valence-electron chi connectivity index (χ0n) is 8.42. The van der Waals surface area contributed by atoms with Crippen molar-refractivity contribution in [2.45, 2.75) is 19.3 Å². The Bertz CT molecular complexity index is 115. The Morgan fingerprint density at radius 2 is 1.92 bits per heavy atom. The Labute approximate surface area is 76.5 Å². The summed E-state index contributed by atoms with van der Waals surface area (Å²) in [7, 11) is 8.25. The molecule has 2 heteroatoms. The Balaban J connectivity index is 2.09. The fourth-order valence-corrected chi connectivity index (χ4v) is 1.72. The molecular formula is C10H21N2-. The van der Waals surface area contributed by atoms with Gasteiger partial charge in [-0.3, -0.25) is 7.05 Å². The molecule has 1 heterocycles. The van der Waals surface area contributed by atoms with E-state index in [0.29, 0.717) is 0 Å². The van der Waals surface area contributed by atoms with Crippen molar-refractivity contribution in [3.63, 3.8) is 0 Å². The minimum Gasteiger partial charge on any atom is -0.459 e. The first-order valence-electron chi connectivity index (χ1n) is 4.88. The average molecular weight is 169 g/mol. The molecule has 1 rings (SSSR count). The third kappa shape index (κ3) is 3.55. The molecule has 0 N–H and O–H groups in total. The second kappa shape index (κ2) is 4.83. The van der Waals surface area contributed by atoms with E-state index < -0.39 is 0 Å². The minimum absolute atomic E-state index is 0.949. The quantitative estimate of drug-likeness (QED) is 0.590. The van der Waals surface area contributed by atoms with Gasteiger partial charge in [-0.05, 0) is 58.9 Å². The highest BCUT2D eigenvalue weighted by molar-refractivity contribution is 4.71. The van der Waals surface area contributed by atoms with Crippen LogP contribution in [0.5, 0.6) is 0 Å². The molecule has 1 aliphatic heterocycles. The van der Waals surface area contributed by atoms with Gasteiger partial charge in [-0.25, -0.2) is 0 Å². The van der Waals surface area contributed by atoms with Crippen LogP contribution in [0.1, 0.15) is 19.3 Å². The van der Waals surface area contributed by atoms with Crippen molar-refractivity contribution in [1.82, 2.24) is 9.80 Å². The Hall–Kier alpha value is -0.0800. The third-order valence-electron chi connectivity index (χ3n) is 2.69. The maximum absolute atomic E-state index is 3.95. The maximum atomic E-state index is 3.95. The molecule has 0 radical (unpaired) electrons. The monoisotopic (exact) mass is 169 g/mol. The Kier molecular flexibility index (Phi) is 4.02. The van der Waals surface area contributed by atoms with Gasteiger partial charge in [0, 0.05) is 0 Å². The van der Waals surface area contributed by atoms with E-state index in [1.165, 1.54) is 38.9 Å². The van der Waals surface area contributed by atoms with E-state index in [-0.39, 0.29) is 0 Å². The van der Waals surface area contributed by atoms with Crippen molar-refractivity contribution < 1.29 is 0 Å². The van der Waals surface area contributed by atoms with Crippen molar-refractivity contribution in [3.8, 4) is 0 Å². The molecule has 1 aliphatic rings. The molecule has 0 spiro atoms. The van der Waals surface area contributed by atoms with Crippen LogP contribution < -0.4 is 0 Å². The highest BCUT2D eigenvalue weighted by atomic mass is 15.1. The second-order valence-corrected chi connectivity index (χ2v) is 4.15. The molecule has 0 bridgehead atoms. The zero-order valence-corrected chi connectivity index (χ0v) is 8.42. The maximum Gasteiger partial charge on any atom is -0.00222 e. The van der Waals surface area contributed by atoms with Crippen LogP contribution in [0.4, 0.5) is 0 Å². The van der Waals surface area contributed by atoms with Gasteiger partial charge in [0.05, 0.1) is 0 Å². The summed E-state index contributed by atoms with van der Waals surface area (Å²) in [4.78, 5) is 4.46. The van der Waals surface area contributed by atoms with E-state index in [2.05, 4.69) is 30.9 Å². The zero-order chi connectivity index (χ0) is 8.97. The normalized spacial score (nSPS) is 22.0. The van der Waals surface area contributed by atoms with Crippen LogP contribution in [0.3, 0.4) is 0 Å². The lowest BCUT2D eigenvalue weighted by molar-refractivity contribution is 0.217. The molecule has 12 heavy (non-hydrogen) atoms. The lowest BCUT2D eigenvalue weighted by atomic mass is 9.94. The van der Waals surface area contributed by atoms with Gasteiger partial charge in [0.1, 0.15) is 0 Å². The van der Waals surface area contributed by atoms with Gasteiger partial charge in [-0.2, -0.15) is 0 Å². The van der Waals surface area contributed by atoms with E-state index in [1.807, 2.05) is 0 Å². The van der Waals surface area contributed by atoms with Crippen LogP contribution in [-0.4, -0.2) is 43.5 Å². The summed E-state index contributed by atoms with van der Waals surface area (Å²) in [6, 6.07) is 0. The van der Waals surface area contributed by atoms with Crippen LogP contribution >= 0.6 is 0 Å². The van der Waals surface area contributed by atoms with Crippen LogP contribution in [-0.2, 0) is 0 Å². The number of likely N-dealkylation sites (tertiary alicyclic amines) is 1. The molecule has 0 saturated carbocycles.